The number of nitrogens with zero attached hydrogens (tertiary/aromatic N) is 4. The zero-order valence-electron chi connectivity index (χ0n) is 15.9. The van der Waals surface area contributed by atoms with Crippen molar-refractivity contribution in [3.8, 4) is 0 Å². The predicted octanol–water partition coefficient (Wildman–Crippen LogP) is 3.20. The summed E-state index contributed by atoms with van der Waals surface area (Å²) in [7, 11) is 0. The molecule has 0 saturated carbocycles. The minimum atomic E-state index is 0.0799. The molecule has 1 aliphatic rings. The van der Waals surface area contributed by atoms with E-state index in [1.54, 1.807) is 0 Å². The average Bonchev–Trinajstić information content (AvgIpc) is 2.69. The van der Waals surface area contributed by atoms with Gasteiger partial charge in [-0.1, -0.05) is 30.3 Å². The molecule has 1 saturated heterocycles. The fraction of sp³-hybridized carbons (Fsp3) is 0.318. The Kier molecular flexibility index (Phi) is 4.86. The SMILES string of the molecule is Cc1nc2ccc(C(=O)N3CCN(Cc4ccccc4)CC3)cc2nc1C. The Morgan fingerprint density at radius 2 is 1.56 bits per heavy atom. The van der Waals surface area contributed by atoms with Crippen LogP contribution in [0.15, 0.2) is 48.5 Å². The molecule has 0 unspecified atom stereocenters. The van der Waals surface area contributed by atoms with Gasteiger partial charge in [0.2, 0.25) is 0 Å². The summed E-state index contributed by atoms with van der Waals surface area (Å²) in [4.78, 5) is 26.4. The second-order valence-electron chi connectivity index (χ2n) is 7.15. The van der Waals surface area contributed by atoms with E-state index in [1.807, 2.05) is 43.0 Å². The molecule has 1 aliphatic heterocycles. The van der Waals surface area contributed by atoms with Crippen LogP contribution in [-0.4, -0.2) is 51.9 Å². The van der Waals surface area contributed by atoms with Crippen LogP contribution in [0.4, 0.5) is 0 Å². The lowest BCUT2D eigenvalue weighted by Crippen LogP contribution is -2.48. The third-order valence-electron chi connectivity index (χ3n) is 5.23. The van der Waals surface area contributed by atoms with Crippen molar-refractivity contribution in [3.63, 3.8) is 0 Å². The summed E-state index contributed by atoms with van der Waals surface area (Å²) in [6.45, 7) is 8.13. The third kappa shape index (κ3) is 3.83. The molecule has 0 N–H and O–H groups in total. The Morgan fingerprint density at radius 3 is 2.26 bits per heavy atom. The van der Waals surface area contributed by atoms with E-state index < -0.39 is 0 Å². The summed E-state index contributed by atoms with van der Waals surface area (Å²) in [5.41, 5.74) is 5.46. The van der Waals surface area contributed by atoms with E-state index in [2.05, 4.69) is 39.1 Å². The maximum absolute atomic E-state index is 12.9. The van der Waals surface area contributed by atoms with Crippen molar-refractivity contribution in [2.24, 2.45) is 0 Å². The summed E-state index contributed by atoms with van der Waals surface area (Å²) >= 11 is 0. The number of aromatic nitrogens is 2. The molecule has 0 bridgehead atoms. The first kappa shape index (κ1) is 17.6. The molecule has 5 nitrogen and oxygen atoms in total. The summed E-state index contributed by atoms with van der Waals surface area (Å²) in [6, 6.07) is 16.1. The van der Waals surface area contributed by atoms with E-state index in [9.17, 15) is 4.79 Å². The number of carbonyl (C=O) groups excluding carboxylic acids is 1. The van der Waals surface area contributed by atoms with Crippen LogP contribution in [0.25, 0.3) is 11.0 Å². The molecule has 5 heteroatoms. The zero-order valence-corrected chi connectivity index (χ0v) is 15.9. The van der Waals surface area contributed by atoms with Crippen LogP contribution in [0.1, 0.15) is 27.3 Å². The molecule has 2 aromatic carbocycles. The quantitative estimate of drug-likeness (QED) is 0.720. The van der Waals surface area contributed by atoms with Crippen LogP contribution in [0.2, 0.25) is 0 Å². The highest BCUT2D eigenvalue weighted by Gasteiger charge is 2.22. The molecule has 4 rings (SSSR count). The number of piperazine rings is 1. The largest absolute Gasteiger partial charge is 0.336 e. The molecule has 1 amide bonds. The molecule has 1 fully saturated rings. The molecular formula is C22H24N4O. The molecule has 0 aliphatic carbocycles. The van der Waals surface area contributed by atoms with Gasteiger partial charge in [-0.25, -0.2) is 9.97 Å². The van der Waals surface area contributed by atoms with E-state index in [4.69, 9.17) is 0 Å². The van der Waals surface area contributed by atoms with E-state index in [1.165, 1.54) is 5.56 Å². The van der Waals surface area contributed by atoms with Gasteiger partial charge in [-0.15, -0.1) is 0 Å². The van der Waals surface area contributed by atoms with Gasteiger partial charge in [0.15, 0.2) is 0 Å². The first-order valence-electron chi connectivity index (χ1n) is 9.41. The molecule has 0 radical (unpaired) electrons. The minimum absolute atomic E-state index is 0.0799. The molecule has 0 spiro atoms. The van der Waals surface area contributed by atoms with Gasteiger partial charge in [0, 0.05) is 38.3 Å². The molecule has 2 heterocycles. The summed E-state index contributed by atoms with van der Waals surface area (Å²) in [5, 5.41) is 0. The van der Waals surface area contributed by atoms with Crippen molar-refractivity contribution in [1.82, 2.24) is 19.8 Å². The highest BCUT2D eigenvalue weighted by molar-refractivity contribution is 5.97. The maximum atomic E-state index is 12.9. The zero-order chi connectivity index (χ0) is 18.8. The Bertz CT molecular complexity index is 963. The van der Waals surface area contributed by atoms with Crippen LogP contribution in [0.3, 0.4) is 0 Å². The Labute approximate surface area is 159 Å². The second-order valence-corrected chi connectivity index (χ2v) is 7.15. The number of hydrogen-bond donors (Lipinski definition) is 0. The van der Waals surface area contributed by atoms with Crippen molar-refractivity contribution in [1.29, 1.82) is 0 Å². The lowest BCUT2D eigenvalue weighted by Gasteiger charge is -2.34. The van der Waals surface area contributed by atoms with Crippen LogP contribution < -0.4 is 0 Å². The predicted molar refractivity (Wildman–Crippen MR) is 107 cm³/mol. The molecule has 1 aromatic heterocycles. The topological polar surface area (TPSA) is 49.3 Å². The van der Waals surface area contributed by atoms with Crippen molar-refractivity contribution in [3.05, 3.63) is 71.0 Å². The van der Waals surface area contributed by atoms with Crippen LogP contribution >= 0.6 is 0 Å². The number of rotatable bonds is 3. The monoisotopic (exact) mass is 360 g/mol. The number of carbonyl (C=O) groups is 1. The highest BCUT2D eigenvalue weighted by atomic mass is 16.2. The van der Waals surface area contributed by atoms with Gasteiger partial charge in [0.1, 0.15) is 0 Å². The van der Waals surface area contributed by atoms with E-state index in [0.29, 0.717) is 5.56 Å². The summed E-state index contributed by atoms with van der Waals surface area (Å²) in [5.74, 6) is 0.0799. The van der Waals surface area contributed by atoms with Crippen molar-refractivity contribution < 1.29 is 4.79 Å². The summed E-state index contributed by atoms with van der Waals surface area (Å²) < 4.78 is 0. The third-order valence-corrected chi connectivity index (χ3v) is 5.23. The van der Waals surface area contributed by atoms with Gasteiger partial charge in [0.25, 0.3) is 5.91 Å². The van der Waals surface area contributed by atoms with Crippen molar-refractivity contribution >= 4 is 16.9 Å². The molecule has 138 valence electrons. The molecule has 27 heavy (non-hydrogen) atoms. The van der Waals surface area contributed by atoms with Crippen LogP contribution in [0, 0.1) is 13.8 Å². The number of benzene rings is 2. The van der Waals surface area contributed by atoms with Crippen LogP contribution in [0.5, 0.6) is 0 Å². The number of fused-ring (bicyclic) bond motifs is 1. The fourth-order valence-electron chi connectivity index (χ4n) is 3.50. The Morgan fingerprint density at radius 1 is 0.889 bits per heavy atom. The first-order valence-corrected chi connectivity index (χ1v) is 9.41. The molecule has 0 atom stereocenters. The lowest BCUT2D eigenvalue weighted by atomic mass is 10.1. The van der Waals surface area contributed by atoms with E-state index in [-0.39, 0.29) is 5.91 Å². The summed E-state index contributed by atoms with van der Waals surface area (Å²) in [6.07, 6.45) is 0. The standard InChI is InChI=1S/C22H24N4O/c1-16-17(2)24-21-14-19(8-9-20(21)23-16)22(27)26-12-10-25(11-13-26)15-18-6-4-3-5-7-18/h3-9,14H,10-13,15H2,1-2H3. The number of hydrogen-bond acceptors (Lipinski definition) is 4. The van der Waals surface area contributed by atoms with Gasteiger partial charge in [-0.3, -0.25) is 9.69 Å². The highest BCUT2D eigenvalue weighted by Crippen LogP contribution is 2.17. The minimum Gasteiger partial charge on any atom is -0.336 e. The van der Waals surface area contributed by atoms with Gasteiger partial charge in [-0.2, -0.15) is 0 Å². The lowest BCUT2D eigenvalue weighted by molar-refractivity contribution is 0.0628. The Balaban J connectivity index is 1.43. The smallest absolute Gasteiger partial charge is 0.254 e. The number of aryl methyl sites for hydroxylation is 2. The Hall–Kier alpha value is -2.79. The van der Waals surface area contributed by atoms with Gasteiger partial charge in [-0.05, 0) is 37.6 Å². The average molecular weight is 360 g/mol. The van der Waals surface area contributed by atoms with Crippen LogP contribution in [-0.2, 0) is 6.54 Å². The molecular weight excluding hydrogens is 336 g/mol. The van der Waals surface area contributed by atoms with E-state index in [0.717, 1.165) is 55.1 Å². The number of amides is 1. The van der Waals surface area contributed by atoms with Gasteiger partial charge < -0.3 is 4.90 Å². The maximum Gasteiger partial charge on any atom is 0.254 e. The fourth-order valence-corrected chi connectivity index (χ4v) is 3.50. The molecule has 3 aromatic rings. The first-order chi connectivity index (χ1) is 13.1. The van der Waals surface area contributed by atoms with E-state index >= 15 is 0 Å². The van der Waals surface area contributed by atoms with Crippen molar-refractivity contribution in [2.75, 3.05) is 26.2 Å². The van der Waals surface area contributed by atoms with Gasteiger partial charge in [0.05, 0.1) is 22.4 Å². The second kappa shape index (κ2) is 7.45. The van der Waals surface area contributed by atoms with Gasteiger partial charge >= 0.3 is 0 Å². The van der Waals surface area contributed by atoms with Crippen molar-refractivity contribution in [2.45, 2.75) is 20.4 Å². The normalized spacial score (nSPS) is 15.3.